The van der Waals surface area contributed by atoms with Crippen LogP contribution >= 0.6 is 0 Å². The second kappa shape index (κ2) is 8.08. The summed E-state index contributed by atoms with van der Waals surface area (Å²) in [5, 5.41) is 9.22. The van der Waals surface area contributed by atoms with E-state index in [0.29, 0.717) is 11.1 Å². The third-order valence-electron chi connectivity index (χ3n) is 6.53. The van der Waals surface area contributed by atoms with Gasteiger partial charge < -0.3 is 4.90 Å². The van der Waals surface area contributed by atoms with Gasteiger partial charge >= 0.3 is 0 Å². The maximum Gasteiger partial charge on any atom is 0.258 e. The van der Waals surface area contributed by atoms with E-state index in [1.165, 1.54) is 16.7 Å². The van der Waals surface area contributed by atoms with Crippen molar-refractivity contribution in [2.24, 2.45) is 0 Å². The Balaban J connectivity index is 1.63. The third kappa shape index (κ3) is 3.78. The van der Waals surface area contributed by atoms with Gasteiger partial charge in [-0.15, -0.1) is 0 Å². The average Bonchev–Trinajstić information content (AvgIpc) is 3.06. The molecule has 0 radical (unpaired) electrons. The van der Waals surface area contributed by atoms with Gasteiger partial charge in [0.05, 0.1) is 11.6 Å². The number of anilines is 1. The van der Waals surface area contributed by atoms with Crippen molar-refractivity contribution in [2.45, 2.75) is 39.0 Å². The van der Waals surface area contributed by atoms with Crippen LogP contribution in [0.15, 0.2) is 54.1 Å². The van der Waals surface area contributed by atoms with Crippen LogP contribution in [0, 0.1) is 18.3 Å². The second-order valence-corrected chi connectivity index (χ2v) is 8.97. The van der Waals surface area contributed by atoms with E-state index >= 15 is 0 Å². The normalized spacial score (nSPS) is 17.5. The summed E-state index contributed by atoms with van der Waals surface area (Å²) in [6, 6.07) is 15.6. The third-order valence-corrected chi connectivity index (χ3v) is 6.53. The molecule has 1 spiro atoms. The quantitative estimate of drug-likeness (QED) is 0.695. The van der Waals surface area contributed by atoms with E-state index in [1.54, 1.807) is 18.2 Å². The number of likely N-dealkylation sites (tertiary alicyclic amines) is 1. The molecule has 4 rings (SSSR count). The first kappa shape index (κ1) is 20.4. The molecular weight excluding hydrogens is 370 g/mol. The fourth-order valence-electron chi connectivity index (χ4n) is 4.74. The Morgan fingerprint density at radius 2 is 1.93 bits per heavy atom. The van der Waals surface area contributed by atoms with Crippen LogP contribution in [0.5, 0.6) is 0 Å². The number of hydrogen-bond donors (Lipinski definition) is 0. The highest BCUT2D eigenvalue weighted by atomic mass is 16.2. The van der Waals surface area contributed by atoms with Crippen molar-refractivity contribution >= 4 is 11.6 Å². The molecule has 2 aromatic carbocycles. The highest BCUT2D eigenvalue weighted by Gasteiger charge is 2.46. The Morgan fingerprint density at radius 1 is 1.17 bits per heavy atom. The summed E-state index contributed by atoms with van der Waals surface area (Å²) in [6.45, 7) is 10.2. The summed E-state index contributed by atoms with van der Waals surface area (Å²) in [4.78, 5) is 17.9. The predicted molar refractivity (Wildman–Crippen MR) is 121 cm³/mol. The molecule has 0 atom stereocenters. The largest absolute Gasteiger partial charge is 0.307 e. The molecule has 154 valence electrons. The highest BCUT2D eigenvalue weighted by molar-refractivity contribution is 6.08. The summed E-state index contributed by atoms with van der Waals surface area (Å²) in [5.74, 6) is -0.0129. The van der Waals surface area contributed by atoms with Crippen molar-refractivity contribution < 1.29 is 4.79 Å². The minimum Gasteiger partial charge on any atom is -0.307 e. The molecule has 0 aromatic heterocycles. The lowest BCUT2D eigenvalue weighted by Gasteiger charge is -2.39. The molecule has 30 heavy (non-hydrogen) atoms. The molecule has 2 heterocycles. The molecule has 2 aliphatic heterocycles. The van der Waals surface area contributed by atoms with E-state index in [2.05, 4.69) is 56.0 Å². The highest BCUT2D eigenvalue weighted by Crippen LogP contribution is 2.47. The Hall–Kier alpha value is -2.90. The molecule has 0 N–H and O–H groups in total. The minimum absolute atomic E-state index is 0.0129. The van der Waals surface area contributed by atoms with E-state index in [9.17, 15) is 10.1 Å². The van der Waals surface area contributed by atoms with Crippen LogP contribution in [0.2, 0.25) is 0 Å². The van der Waals surface area contributed by atoms with Gasteiger partial charge in [-0.25, -0.2) is 0 Å². The smallest absolute Gasteiger partial charge is 0.258 e. The first-order chi connectivity index (χ1) is 14.4. The van der Waals surface area contributed by atoms with Gasteiger partial charge in [-0.1, -0.05) is 35.4 Å². The number of nitriles is 1. The zero-order valence-corrected chi connectivity index (χ0v) is 18.1. The number of aryl methyl sites for hydroxylation is 1. The van der Waals surface area contributed by atoms with E-state index < -0.39 is 0 Å². The number of benzene rings is 2. The van der Waals surface area contributed by atoms with E-state index in [4.69, 9.17) is 0 Å². The predicted octanol–water partition coefficient (Wildman–Crippen LogP) is 4.83. The molecule has 0 aliphatic carbocycles. The zero-order chi connectivity index (χ0) is 21.3. The van der Waals surface area contributed by atoms with Crippen LogP contribution < -0.4 is 4.90 Å². The molecule has 1 saturated heterocycles. The van der Waals surface area contributed by atoms with Crippen LogP contribution in [-0.2, 0) is 5.41 Å². The molecule has 1 amide bonds. The number of piperidine rings is 1. The number of amides is 1. The summed E-state index contributed by atoms with van der Waals surface area (Å²) in [5.41, 5.74) is 6.06. The van der Waals surface area contributed by atoms with Crippen LogP contribution in [-0.4, -0.2) is 37.0 Å². The minimum atomic E-state index is -0.0129. The van der Waals surface area contributed by atoms with Crippen LogP contribution in [0.1, 0.15) is 53.7 Å². The van der Waals surface area contributed by atoms with Crippen molar-refractivity contribution in [1.82, 2.24) is 4.90 Å². The van der Waals surface area contributed by atoms with Crippen molar-refractivity contribution in [3.8, 4) is 6.07 Å². The molecule has 4 heteroatoms. The second-order valence-electron chi connectivity index (χ2n) is 8.97. The summed E-state index contributed by atoms with van der Waals surface area (Å²) < 4.78 is 0. The average molecular weight is 400 g/mol. The lowest BCUT2D eigenvalue weighted by atomic mass is 9.74. The van der Waals surface area contributed by atoms with Gasteiger partial charge in [-0.05, 0) is 76.5 Å². The Bertz CT molecular complexity index is 1030. The van der Waals surface area contributed by atoms with Gasteiger partial charge in [0.1, 0.15) is 0 Å². The fourth-order valence-corrected chi connectivity index (χ4v) is 4.74. The Morgan fingerprint density at radius 3 is 2.63 bits per heavy atom. The van der Waals surface area contributed by atoms with Gasteiger partial charge in [-0.3, -0.25) is 9.69 Å². The van der Waals surface area contributed by atoms with Crippen molar-refractivity contribution in [2.75, 3.05) is 31.1 Å². The molecule has 2 aliphatic rings. The maximum atomic E-state index is 13.4. The molecule has 0 unspecified atom stereocenters. The van der Waals surface area contributed by atoms with E-state index in [1.807, 2.05) is 11.0 Å². The standard InChI is InChI=1S/C26H29N3O/c1-19(2)9-12-28-13-10-26(11-14-28)18-29(24-8-7-20(3)15-23(24)26)25(30)22-6-4-5-21(16-22)17-27/h4-9,15-16H,10-14,18H2,1-3H3. The number of allylic oxidation sites excluding steroid dienone is 1. The molecule has 0 saturated carbocycles. The van der Waals surface area contributed by atoms with E-state index in [0.717, 1.165) is 44.7 Å². The number of hydrogen-bond acceptors (Lipinski definition) is 3. The number of fused-ring (bicyclic) bond motifs is 2. The van der Waals surface area contributed by atoms with Gasteiger partial charge in [0, 0.05) is 29.8 Å². The zero-order valence-electron chi connectivity index (χ0n) is 18.1. The van der Waals surface area contributed by atoms with Gasteiger partial charge in [0.2, 0.25) is 0 Å². The van der Waals surface area contributed by atoms with Crippen molar-refractivity contribution in [3.05, 3.63) is 76.4 Å². The van der Waals surface area contributed by atoms with Crippen molar-refractivity contribution in [3.63, 3.8) is 0 Å². The summed E-state index contributed by atoms with van der Waals surface area (Å²) in [6.07, 6.45) is 4.41. The topological polar surface area (TPSA) is 47.3 Å². The lowest BCUT2D eigenvalue weighted by Crippen LogP contribution is -2.46. The summed E-state index contributed by atoms with van der Waals surface area (Å²) >= 11 is 0. The first-order valence-electron chi connectivity index (χ1n) is 10.7. The van der Waals surface area contributed by atoms with Crippen LogP contribution in [0.4, 0.5) is 5.69 Å². The van der Waals surface area contributed by atoms with Gasteiger partial charge in [0.25, 0.3) is 5.91 Å². The molecule has 0 bridgehead atoms. The lowest BCUT2D eigenvalue weighted by molar-refractivity contribution is 0.0977. The fraction of sp³-hybridized carbons (Fsp3) is 0.385. The number of rotatable bonds is 3. The Kier molecular flexibility index (Phi) is 5.49. The first-order valence-corrected chi connectivity index (χ1v) is 10.7. The number of nitrogens with zero attached hydrogens (tertiary/aromatic N) is 3. The molecule has 2 aromatic rings. The molecular formula is C26H29N3O. The van der Waals surface area contributed by atoms with Crippen LogP contribution in [0.25, 0.3) is 0 Å². The van der Waals surface area contributed by atoms with E-state index in [-0.39, 0.29) is 11.3 Å². The van der Waals surface area contributed by atoms with Gasteiger partial charge in [0.15, 0.2) is 0 Å². The number of carbonyl (C=O) groups is 1. The number of carbonyl (C=O) groups excluding carboxylic acids is 1. The maximum absolute atomic E-state index is 13.4. The molecule has 4 nitrogen and oxygen atoms in total. The Labute approximate surface area is 179 Å². The SMILES string of the molecule is CC(C)=CCN1CCC2(CC1)CN(C(=O)c1cccc(C#N)c1)c1ccc(C)cc12. The monoisotopic (exact) mass is 399 g/mol. The van der Waals surface area contributed by atoms with Crippen molar-refractivity contribution in [1.29, 1.82) is 5.26 Å². The van der Waals surface area contributed by atoms with Crippen LogP contribution in [0.3, 0.4) is 0 Å². The molecule has 1 fully saturated rings. The summed E-state index contributed by atoms with van der Waals surface area (Å²) in [7, 11) is 0. The van der Waals surface area contributed by atoms with Gasteiger partial charge in [-0.2, -0.15) is 5.26 Å².